The van der Waals surface area contributed by atoms with Gasteiger partial charge in [0, 0.05) is 25.8 Å². The second-order valence-corrected chi connectivity index (χ2v) is 7.41. The molecule has 2 aromatic rings. The van der Waals surface area contributed by atoms with Crippen LogP contribution >= 0.6 is 0 Å². The van der Waals surface area contributed by atoms with Gasteiger partial charge in [-0.1, -0.05) is 12.1 Å². The largest absolute Gasteiger partial charge is 0.493 e. The first-order valence-corrected chi connectivity index (χ1v) is 9.84. The summed E-state index contributed by atoms with van der Waals surface area (Å²) >= 11 is 0. The molecule has 0 spiro atoms. The van der Waals surface area contributed by atoms with E-state index < -0.39 is 0 Å². The Hall–Kier alpha value is -2.80. The summed E-state index contributed by atoms with van der Waals surface area (Å²) in [5.41, 5.74) is 2.00. The fourth-order valence-corrected chi connectivity index (χ4v) is 3.36. The van der Waals surface area contributed by atoms with Gasteiger partial charge in [0.1, 0.15) is 5.82 Å². The number of rotatable bonds is 7. The van der Waals surface area contributed by atoms with Gasteiger partial charge in [0.2, 0.25) is 0 Å². The van der Waals surface area contributed by atoms with E-state index in [1.54, 1.807) is 19.4 Å². The zero-order valence-corrected chi connectivity index (χ0v) is 17.5. The molecule has 2 heterocycles. The van der Waals surface area contributed by atoms with Crippen LogP contribution in [0.5, 0.6) is 11.5 Å². The Morgan fingerprint density at radius 2 is 1.97 bits per heavy atom. The van der Waals surface area contributed by atoms with E-state index >= 15 is 0 Å². The number of hydrogen-bond donors (Lipinski definition) is 1. The van der Waals surface area contributed by atoms with Crippen LogP contribution in [0.3, 0.4) is 0 Å². The SMILES string of the molecule is COc1cc(C)ccc1OCC(=O)NCc1ccc(N2CC(C)OC(C)C2)nc1. The van der Waals surface area contributed by atoms with Gasteiger partial charge in [-0.25, -0.2) is 4.98 Å². The standard InChI is InChI=1S/C22H29N3O4/c1-15-5-7-19(20(9-15)27-4)28-14-22(26)24-11-18-6-8-21(23-10-18)25-12-16(2)29-17(3)13-25/h5-10,16-17H,11-14H2,1-4H3,(H,24,26). The van der Waals surface area contributed by atoms with E-state index in [0.29, 0.717) is 18.0 Å². The van der Waals surface area contributed by atoms with Gasteiger partial charge >= 0.3 is 0 Å². The highest BCUT2D eigenvalue weighted by Crippen LogP contribution is 2.27. The Bertz CT molecular complexity index is 815. The molecule has 1 aliphatic rings. The average Bonchev–Trinajstić information content (AvgIpc) is 2.71. The van der Waals surface area contributed by atoms with Crippen molar-refractivity contribution in [3.63, 3.8) is 0 Å². The third-order valence-corrected chi connectivity index (χ3v) is 4.72. The maximum Gasteiger partial charge on any atom is 0.258 e. The highest BCUT2D eigenvalue weighted by atomic mass is 16.5. The lowest BCUT2D eigenvalue weighted by molar-refractivity contribution is -0.123. The van der Waals surface area contributed by atoms with Crippen LogP contribution in [-0.2, 0) is 16.1 Å². The van der Waals surface area contributed by atoms with E-state index in [9.17, 15) is 4.79 Å². The minimum Gasteiger partial charge on any atom is -0.493 e. The number of aryl methyl sites for hydroxylation is 1. The molecule has 0 bridgehead atoms. The van der Waals surface area contributed by atoms with Gasteiger partial charge in [-0.05, 0) is 50.1 Å². The first-order valence-electron chi connectivity index (χ1n) is 9.84. The average molecular weight is 399 g/mol. The molecule has 7 nitrogen and oxygen atoms in total. The molecule has 2 unspecified atom stereocenters. The molecule has 0 saturated carbocycles. The molecule has 7 heteroatoms. The zero-order chi connectivity index (χ0) is 20.8. The van der Waals surface area contributed by atoms with Crippen molar-refractivity contribution < 1.29 is 19.0 Å². The van der Waals surface area contributed by atoms with Gasteiger partial charge in [0.15, 0.2) is 18.1 Å². The number of methoxy groups -OCH3 is 1. The number of nitrogens with zero attached hydrogens (tertiary/aromatic N) is 2. The first kappa shape index (κ1) is 20.9. The van der Waals surface area contributed by atoms with Crippen LogP contribution in [0, 0.1) is 6.92 Å². The van der Waals surface area contributed by atoms with Crippen molar-refractivity contribution in [1.82, 2.24) is 10.3 Å². The number of carbonyl (C=O) groups excluding carboxylic acids is 1. The lowest BCUT2D eigenvalue weighted by atomic mass is 10.2. The van der Waals surface area contributed by atoms with Gasteiger partial charge in [0.25, 0.3) is 5.91 Å². The monoisotopic (exact) mass is 399 g/mol. The molecule has 2 atom stereocenters. The predicted octanol–water partition coefficient (Wildman–Crippen LogP) is 2.71. The summed E-state index contributed by atoms with van der Waals surface area (Å²) < 4.78 is 16.6. The topological polar surface area (TPSA) is 72.9 Å². The molecule has 1 aromatic heterocycles. The van der Waals surface area contributed by atoms with Crippen molar-refractivity contribution in [3.05, 3.63) is 47.7 Å². The fourth-order valence-electron chi connectivity index (χ4n) is 3.36. The van der Waals surface area contributed by atoms with E-state index in [0.717, 1.165) is 30.0 Å². The van der Waals surface area contributed by atoms with Crippen molar-refractivity contribution in [2.24, 2.45) is 0 Å². The number of pyridine rings is 1. The van der Waals surface area contributed by atoms with Gasteiger partial charge in [-0.15, -0.1) is 0 Å². The van der Waals surface area contributed by atoms with Crippen LogP contribution in [0.15, 0.2) is 36.5 Å². The maximum atomic E-state index is 12.1. The number of ether oxygens (including phenoxy) is 3. The molecule has 29 heavy (non-hydrogen) atoms. The minimum atomic E-state index is -0.201. The van der Waals surface area contributed by atoms with Crippen molar-refractivity contribution in [2.45, 2.75) is 39.5 Å². The van der Waals surface area contributed by atoms with Crippen LogP contribution in [0.4, 0.5) is 5.82 Å². The van der Waals surface area contributed by atoms with Crippen LogP contribution in [0.2, 0.25) is 0 Å². The van der Waals surface area contributed by atoms with Gasteiger partial charge in [-0.2, -0.15) is 0 Å². The Labute approximate surface area is 172 Å². The Morgan fingerprint density at radius 1 is 1.21 bits per heavy atom. The number of amides is 1. The summed E-state index contributed by atoms with van der Waals surface area (Å²) in [6.07, 6.45) is 2.17. The molecule has 1 N–H and O–H groups in total. The third-order valence-electron chi connectivity index (χ3n) is 4.72. The van der Waals surface area contributed by atoms with Crippen molar-refractivity contribution in [1.29, 1.82) is 0 Å². The quantitative estimate of drug-likeness (QED) is 0.772. The third kappa shape index (κ3) is 5.84. The summed E-state index contributed by atoms with van der Waals surface area (Å²) in [6.45, 7) is 8.09. The normalized spacial score (nSPS) is 19.0. The number of benzene rings is 1. The van der Waals surface area contributed by atoms with Gasteiger partial charge in [0.05, 0.1) is 19.3 Å². The van der Waals surface area contributed by atoms with Gasteiger partial charge in [-0.3, -0.25) is 4.79 Å². The summed E-state index contributed by atoms with van der Waals surface area (Å²) in [7, 11) is 1.58. The molecule has 1 amide bonds. The highest BCUT2D eigenvalue weighted by Gasteiger charge is 2.23. The molecule has 1 fully saturated rings. The first-order chi connectivity index (χ1) is 13.9. The Balaban J connectivity index is 1.48. The van der Waals surface area contributed by atoms with Crippen molar-refractivity contribution >= 4 is 11.7 Å². The smallest absolute Gasteiger partial charge is 0.258 e. The van der Waals surface area contributed by atoms with Crippen LogP contribution in [0.1, 0.15) is 25.0 Å². The lowest BCUT2D eigenvalue weighted by Crippen LogP contribution is -2.45. The highest BCUT2D eigenvalue weighted by molar-refractivity contribution is 5.77. The second-order valence-electron chi connectivity index (χ2n) is 7.41. The van der Waals surface area contributed by atoms with Crippen LogP contribution < -0.4 is 19.7 Å². The predicted molar refractivity (Wildman–Crippen MR) is 112 cm³/mol. The van der Waals surface area contributed by atoms with Crippen LogP contribution in [-0.4, -0.2) is 49.9 Å². The number of anilines is 1. The molecule has 3 rings (SSSR count). The summed E-state index contributed by atoms with van der Waals surface area (Å²) in [5.74, 6) is 1.89. The number of morpholine rings is 1. The molecule has 1 aliphatic heterocycles. The van der Waals surface area contributed by atoms with Gasteiger partial charge < -0.3 is 24.4 Å². The summed E-state index contributed by atoms with van der Waals surface area (Å²) in [4.78, 5) is 18.9. The van der Waals surface area contributed by atoms with E-state index in [-0.39, 0.29) is 24.7 Å². The number of nitrogens with one attached hydrogen (secondary N) is 1. The number of carbonyl (C=O) groups is 1. The number of hydrogen-bond acceptors (Lipinski definition) is 6. The van der Waals surface area contributed by atoms with Crippen LogP contribution in [0.25, 0.3) is 0 Å². The van der Waals surface area contributed by atoms with Crippen molar-refractivity contribution in [2.75, 3.05) is 31.7 Å². The molecular formula is C22H29N3O4. The van der Waals surface area contributed by atoms with Crippen molar-refractivity contribution in [3.8, 4) is 11.5 Å². The Kier molecular flexibility index (Phi) is 6.93. The van der Waals surface area contributed by atoms with E-state index in [1.165, 1.54) is 0 Å². The molecule has 1 saturated heterocycles. The molecule has 0 aliphatic carbocycles. The molecule has 1 aromatic carbocycles. The van der Waals surface area contributed by atoms with E-state index in [1.807, 2.05) is 31.2 Å². The molecule has 0 radical (unpaired) electrons. The van der Waals surface area contributed by atoms with E-state index in [4.69, 9.17) is 14.2 Å². The number of aromatic nitrogens is 1. The second kappa shape index (κ2) is 9.60. The molecular weight excluding hydrogens is 370 g/mol. The summed E-state index contributed by atoms with van der Waals surface area (Å²) in [5, 5.41) is 2.85. The fraction of sp³-hybridized carbons (Fsp3) is 0.455. The maximum absolute atomic E-state index is 12.1. The van der Waals surface area contributed by atoms with E-state index in [2.05, 4.69) is 29.0 Å². The Morgan fingerprint density at radius 3 is 2.62 bits per heavy atom. The summed E-state index contributed by atoms with van der Waals surface area (Å²) in [6, 6.07) is 9.56. The minimum absolute atomic E-state index is 0.0749. The zero-order valence-electron chi connectivity index (χ0n) is 17.5. The molecule has 156 valence electrons. The lowest BCUT2D eigenvalue weighted by Gasteiger charge is -2.36.